The van der Waals surface area contributed by atoms with Gasteiger partial charge in [-0.2, -0.15) is 21.9 Å². The number of anilines is 1. The standard InChI is InChI=1S/C24H30N6O6S2/c1-16(2)12-29-23-21(26-24(29)28(14-37(31,32)33)15-38(34,35)36)11-10-20(25-23)19-13-30(17(3)4)27-22(19)18-8-6-5-7-9-18/h5-11,13,16-17H,12,14-15H2,1-4H3,(H,31,32,33)(H,34,35,36). The second-order valence-electron chi connectivity index (χ2n) is 9.75. The molecule has 204 valence electrons. The first-order valence-electron chi connectivity index (χ1n) is 11.9. The van der Waals surface area contributed by atoms with Gasteiger partial charge in [0.2, 0.25) is 5.95 Å². The molecule has 0 spiro atoms. The Balaban J connectivity index is 1.93. The molecule has 38 heavy (non-hydrogen) atoms. The summed E-state index contributed by atoms with van der Waals surface area (Å²) in [6.07, 6.45) is 1.91. The first kappa shape index (κ1) is 27.7. The molecule has 0 atom stereocenters. The molecule has 12 nitrogen and oxygen atoms in total. The predicted octanol–water partition coefficient (Wildman–Crippen LogP) is 3.70. The molecule has 0 aliphatic heterocycles. The number of imidazole rings is 1. The van der Waals surface area contributed by atoms with E-state index >= 15 is 0 Å². The zero-order valence-electron chi connectivity index (χ0n) is 21.4. The normalized spacial score (nSPS) is 12.6. The monoisotopic (exact) mass is 562 g/mol. The Morgan fingerprint density at radius 3 is 2.08 bits per heavy atom. The van der Waals surface area contributed by atoms with Gasteiger partial charge in [-0.05, 0) is 31.9 Å². The third kappa shape index (κ3) is 6.38. The lowest BCUT2D eigenvalue weighted by atomic mass is 10.1. The molecule has 4 rings (SSSR count). The van der Waals surface area contributed by atoms with E-state index in [9.17, 15) is 25.9 Å². The van der Waals surface area contributed by atoms with Crippen LogP contribution in [0.1, 0.15) is 33.7 Å². The van der Waals surface area contributed by atoms with E-state index in [1.807, 2.05) is 68.9 Å². The van der Waals surface area contributed by atoms with Crippen LogP contribution in [0.2, 0.25) is 0 Å². The Hall–Kier alpha value is -3.33. The Morgan fingerprint density at radius 1 is 0.895 bits per heavy atom. The molecule has 0 bridgehead atoms. The number of hydrogen-bond donors (Lipinski definition) is 2. The molecule has 0 unspecified atom stereocenters. The van der Waals surface area contributed by atoms with Crippen molar-refractivity contribution in [3.05, 3.63) is 48.7 Å². The molecular formula is C24H30N6O6S2. The summed E-state index contributed by atoms with van der Waals surface area (Å²) in [4.78, 5) is 10.1. The van der Waals surface area contributed by atoms with Crippen molar-refractivity contribution in [1.82, 2.24) is 24.3 Å². The van der Waals surface area contributed by atoms with Crippen LogP contribution in [0.5, 0.6) is 0 Å². The maximum absolute atomic E-state index is 11.7. The van der Waals surface area contributed by atoms with Crippen molar-refractivity contribution in [2.24, 2.45) is 5.92 Å². The van der Waals surface area contributed by atoms with Crippen molar-refractivity contribution < 1.29 is 25.9 Å². The van der Waals surface area contributed by atoms with Gasteiger partial charge < -0.3 is 4.90 Å². The molecule has 0 aliphatic rings. The third-order valence-electron chi connectivity index (χ3n) is 5.62. The topological polar surface area (TPSA) is 161 Å². The summed E-state index contributed by atoms with van der Waals surface area (Å²) >= 11 is 0. The molecule has 0 radical (unpaired) electrons. The van der Waals surface area contributed by atoms with Crippen LogP contribution in [-0.2, 0) is 26.8 Å². The van der Waals surface area contributed by atoms with Gasteiger partial charge in [-0.3, -0.25) is 18.4 Å². The van der Waals surface area contributed by atoms with Gasteiger partial charge in [-0.1, -0.05) is 44.2 Å². The zero-order chi connectivity index (χ0) is 27.8. The fourth-order valence-corrected chi connectivity index (χ4v) is 5.43. The quantitative estimate of drug-likeness (QED) is 0.273. The molecule has 1 aromatic carbocycles. The highest BCUT2D eigenvalue weighted by Crippen LogP contribution is 2.33. The summed E-state index contributed by atoms with van der Waals surface area (Å²) in [6.45, 7) is 8.20. The third-order valence-corrected chi connectivity index (χ3v) is 6.90. The second kappa shape index (κ2) is 10.4. The maximum atomic E-state index is 11.7. The van der Waals surface area contributed by atoms with Crippen LogP contribution in [0.3, 0.4) is 0 Å². The number of rotatable bonds is 10. The number of aromatic nitrogens is 5. The van der Waals surface area contributed by atoms with Crippen LogP contribution >= 0.6 is 0 Å². The number of pyridine rings is 1. The van der Waals surface area contributed by atoms with Crippen LogP contribution in [0.4, 0.5) is 5.95 Å². The van der Waals surface area contributed by atoms with E-state index in [0.717, 1.165) is 21.7 Å². The van der Waals surface area contributed by atoms with Crippen molar-refractivity contribution in [2.45, 2.75) is 40.3 Å². The summed E-state index contributed by atoms with van der Waals surface area (Å²) in [6, 6.07) is 13.3. The Labute approximate surface area is 221 Å². The molecule has 0 saturated carbocycles. The van der Waals surface area contributed by atoms with Gasteiger partial charge in [-0.15, -0.1) is 0 Å². The SMILES string of the molecule is CC(C)Cn1c(N(CS(=O)(=O)O)CS(=O)(=O)O)nc2ccc(-c3cn(C(C)C)nc3-c3ccccc3)nc21. The van der Waals surface area contributed by atoms with E-state index in [1.165, 1.54) is 0 Å². The Kier molecular flexibility index (Phi) is 7.61. The van der Waals surface area contributed by atoms with Crippen molar-refractivity contribution in [1.29, 1.82) is 0 Å². The molecule has 0 amide bonds. The van der Waals surface area contributed by atoms with Gasteiger partial charge >= 0.3 is 0 Å². The van der Waals surface area contributed by atoms with Gasteiger partial charge in [0.05, 0.1) is 5.69 Å². The maximum Gasteiger partial charge on any atom is 0.283 e. The molecule has 4 aromatic rings. The van der Waals surface area contributed by atoms with Gasteiger partial charge in [0.15, 0.2) is 5.65 Å². The molecule has 3 heterocycles. The fraction of sp³-hybridized carbons (Fsp3) is 0.375. The van der Waals surface area contributed by atoms with Crippen LogP contribution in [-0.4, -0.2) is 62.0 Å². The molecular weight excluding hydrogens is 532 g/mol. The summed E-state index contributed by atoms with van der Waals surface area (Å²) < 4.78 is 69.1. The van der Waals surface area contributed by atoms with E-state index in [4.69, 9.17) is 10.1 Å². The summed E-state index contributed by atoms with van der Waals surface area (Å²) in [7, 11) is -9.31. The van der Waals surface area contributed by atoms with E-state index < -0.39 is 32.0 Å². The van der Waals surface area contributed by atoms with Crippen LogP contribution in [0.15, 0.2) is 48.7 Å². The molecule has 14 heteroatoms. The van der Waals surface area contributed by atoms with Crippen LogP contribution < -0.4 is 4.90 Å². The Bertz CT molecular complexity index is 1630. The average Bonchev–Trinajstić information content (AvgIpc) is 3.39. The molecule has 0 fully saturated rings. The van der Waals surface area contributed by atoms with Gasteiger partial charge in [0.1, 0.15) is 23.0 Å². The largest absolute Gasteiger partial charge is 0.308 e. The summed E-state index contributed by atoms with van der Waals surface area (Å²) in [5.41, 5.74) is 3.79. The molecule has 2 N–H and O–H groups in total. The minimum absolute atomic E-state index is 0.0403. The highest BCUT2D eigenvalue weighted by atomic mass is 32.2. The lowest BCUT2D eigenvalue weighted by Gasteiger charge is -2.22. The Morgan fingerprint density at radius 2 is 1.53 bits per heavy atom. The highest BCUT2D eigenvalue weighted by Gasteiger charge is 2.27. The number of hydrogen-bond acceptors (Lipinski definition) is 8. The fourth-order valence-electron chi connectivity index (χ4n) is 4.11. The van der Waals surface area contributed by atoms with Gasteiger partial charge in [-0.25, -0.2) is 9.97 Å². The highest BCUT2D eigenvalue weighted by molar-refractivity contribution is 7.86. The lowest BCUT2D eigenvalue weighted by Crippen LogP contribution is -2.36. The first-order valence-corrected chi connectivity index (χ1v) is 15.1. The van der Waals surface area contributed by atoms with Gasteiger partial charge in [0.25, 0.3) is 20.2 Å². The minimum Gasteiger partial charge on any atom is -0.308 e. The van der Waals surface area contributed by atoms with Crippen molar-refractivity contribution in [3.63, 3.8) is 0 Å². The zero-order valence-corrected chi connectivity index (χ0v) is 23.1. The summed E-state index contributed by atoms with van der Waals surface area (Å²) in [5.74, 6) is -2.19. The minimum atomic E-state index is -4.65. The molecule has 0 saturated heterocycles. The average molecular weight is 563 g/mol. The second-order valence-corrected chi connectivity index (χ2v) is 12.6. The van der Waals surface area contributed by atoms with Crippen LogP contribution in [0.25, 0.3) is 33.7 Å². The lowest BCUT2D eigenvalue weighted by molar-refractivity contribution is 0.473. The van der Waals surface area contributed by atoms with E-state index in [1.54, 1.807) is 16.7 Å². The summed E-state index contributed by atoms with van der Waals surface area (Å²) in [5, 5.41) is 4.78. The number of nitrogens with zero attached hydrogens (tertiary/aromatic N) is 6. The smallest absolute Gasteiger partial charge is 0.283 e. The van der Waals surface area contributed by atoms with Crippen molar-refractivity contribution in [3.8, 4) is 22.5 Å². The van der Waals surface area contributed by atoms with E-state index in [-0.39, 0.29) is 17.9 Å². The van der Waals surface area contributed by atoms with Crippen molar-refractivity contribution >= 4 is 37.3 Å². The number of benzene rings is 1. The van der Waals surface area contributed by atoms with Crippen molar-refractivity contribution in [2.75, 3.05) is 16.7 Å². The molecule has 3 aromatic heterocycles. The number of fused-ring (bicyclic) bond motifs is 1. The van der Waals surface area contributed by atoms with Gasteiger partial charge in [0, 0.05) is 29.9 Å². The van der Waals surface area contributed by atoms with E-state index in [0.29, 0.717) is 23.4 Å². The van der Waals surface area contributed by atoms with Crippen LogP contribution in [0, 0.1) is 5.92 Å². The predicted molar refractivity (Wildman–Crippen MR) is 145 cm³/mol. The molecule has 0 aliphatic carbocycles. The van der Waals surface area contributed by atoms with E-state index in [2.05, 4.69) is 4.98 Å². The first-order chi connectivity index (χ1) is 17.7.